The first kappa shape index (κ1) is 12.4. The summed E-state index contributed by atoms with van der Waals surface area (Å²) in [7, 11) is 0. The van der Waals surface area contributed by atoms with Crippen LogP contribution in [0.15, 0.2) is 49.6 Å². The second-order valence-electron chi connectivity index (χ2n) is 4.24. The molecule has 1 aliphatic heterocycles. The molecule has 0 fully saturated rings. The van der Waals surface area contributed by atoms with Crippen LogP contribution < -0.4 is 4.74 Å². The zero-order chi connectivity index (χ0) is 13.0. The number of ether oxygens (including phenoxy) is 1. The van der Waals surface area contributed by atoms with Crippen LogP contribution in [-0.4, -0.2) is 30.0 Å². The van der Waals surface area contributed by atoms with Crippen molar-refractivity contribution in [3.63, 3.8) is 0 Å². The maximum atomic E-state index is 12.3. The van der Waals surface area contributed by atoms with Crippen LogP contribution >= 0.6 is 0 Å². The van der Waals surface area contributed by atoms with Gasteiger partial charge in [-0.2, -0.15) is 0 Å². The molecule has 1 aromatic rings. The lowest BCUT2D eigenvalue weighted by Gasteiger charge is -2.22. The molecule has 0 spiro atoms. The lowest BCUT2D eigenvalue weighted by molar-refractivity contribution is -0.136. The Balaban J connectivity index is 2.07. The topological polar surface area (TPSA) is 29.5 Å². The van der Waals surface area contributed by atoms with Crippen LogP contribution in [0.2, 0.25) is 0 Å². The number of nitrogens with zero attached hydrogens (tertiary/aromatic N) is 1. The molecule has 0 saturated carbocycles. The van der Waals surface area contributed by atoms with Crippen LogP contribution in [0.4, 0.5) is 0 Å². The minimum Gasteiger partial charge on any atom is -0.480 e. The molecule has 1 aromatic carbocycles. The molecule has 3 heteroatoms. The molecule has 18 heavy (non-hydrogen) atoms. The molecule has 1 amide bonds. The van der Waals surface area contributed by atoms with Crippen molar-refractivity contribution in [1.29, 1.82) is 0 Å². The Hall–Kier alpha value is -2.03. The van der Waals surface area contributed by atoms with Gasteiger partial charge in [-0.1, -0.05) is 30.4 Å². The van der Waals surface area contributed by atoms with E-state index < -0.39 is 6.10 Å². The number of rotatable bonds is 5. The van der Waals surface area contributed by atoms with Gasteiger partial charge in [0.2, 0.25) is 0 Å². The largest absolute Gasteiger partial charge is 0.480 e. The van der Waals surface area contributed by atoms with Crippen molar-refractivity contribution in [2.45, 2.75) is 12.5 Å². The van der Waals surface area contributed by atoms with Crippen molar-refractivity contribution in [1.82, 2.24) is 4.90 Å². The molecule has 0 aromatic heterocycles. The molecule has 0 radical (unpaired) electrons. The fourth-order valence-corrected chi connectivity index (χ4v) is 2.09. The molecule has 2 rings (SSSR count). The lowest BCUT2D eigenvalue weighted by atomic mass is 10.1. The molecule has 0 bridgehead atoms. The smallest absolute Gasteiger partial charge is 0.264 e. The van der Waals surface area contributed by atoms with Crippen molar-refractivity contribution >= 4 is 5.91 Å². The predicted octanol–water partition coefficient (Wildman–Crippen LogP) is 2.19. The third-order valence-corrected chi connectivity index (χ3v) is 2.93. The predicted molar refractivity (Wildman–Crippen MR) is 71.5 cm³/mol. The van der Waals surface area contributed by atoms with Gasteiger partial charge in [0.1, 0.15) is 5.75 Å². The Morgan fingerprint density at radius 1 is 1.33 bits per heavy atom. The quantitative estimate of drug-likeness (QED) is 0.742. The molecule has 3 nitrogen and oxygen atoms in total. The van der Waals surface area contributed by atoms with Gasteiger partial charge in [-0.15, -0.1) is 13.2 Å². The molecule has 0 N–H and O–H groups in total. The second-order valence-corrected chi connectivity index (χ2v) is 4.24. The normalized spacial score (nSPS) is 16.6. The van der Waals surface area contributed by atoms with Crippen molar-refractivity contribution in [2.24, 2.45) is 0 Å². The number of fused-ring (bicyclic) bond motifs is 1. The van der Waals surface area contributed by atoms with Gasteiger partial charge in [0, 0.05) is 19.5 Å². The number of benzene rings is 1. The third kappa shape index (κ3) is 2.45. The zero-order valence-corrected chi connectivity index (χ0v) is 10.3. The van der Waals surface area contributed by atoms with E-state index in [1.807, 2.05) is 24.3 Å². The van der Waals surface area contributed by atoms with Gasteiger partial charge in [-0.05, 0) is 11.6 Å². The van der Waals surface area contributed by atoms with Crippen LogP contribution in [0.25, 0.3) is 0 Å². The van der Waals surface area contributed by atoms with E-state index in [1.54, 1.807) is 17.1 Å². The molecule has 0 unspecified atom stereocenters. The zero-order valence-electron chi connectivity index (χ0n) is 10.3. The first-order chi connectivity index (χ1) is 8.76. The Kier molecular flexibility index (Phi) is 3.82. The van der Waals surface area contributed by atoms with Gasteiger partial charge in [0.05, 0.1) is 0 Å². The average Bonchev–Trinajstić information content (AvgIpc) is 2.81. The monoisotopic (exact) mass is 243 g/mol. The van der Waals surface area contributed by atoms with E-state index in [0.29, 0.717) is 19.5 Å². The van der Waals surface area contributed by atoms with E-state index in [9.17, 15) is 4.79 Å². The van der Waals surface area contributed by atoms with Crippen molar-refractivity contribution in [3.8, 4) is 5.75 Å². The molecule has 0 aliphatic carbocycles. The van der Waals surface area contributed by atoms with E-state index in [0.717, 1.165) is 11.3 Å². The lowest BCUT2D eigenvalue weighted by Crippen LogP contribution is -2.41. The summed E-state index contributed by atoms with van der Waals surface area (Å²) in [5.74, 6) is 0.805. The van der Waals surface area contributed by atoms with Crippen LogP contribution in [0.5, 0.6) is 5.75 Å². The van der Waals surface area contributed by atoms with Gasteiger partial charge in [0.15, 0.2) is 6.10 Å². The Bertz CT molecular complexity index is 432. The fraction of sp³-hybridized carbons (Fsp3) is 0.267. The van der Waals surface area contributed by atoms with E-state index in [-0.39, 0.29) is 5.91 Å². The first-order valence-electron chi connectivity index (χ1n) is 6.01. The van der Waals surface area contributed by atoms with Gasteiger partial charge in [0.25, 0.3) is 5.91 Å². The van der Waals surface area contributed by atoms with Gasteiger partial charge < -0.3 is 9.64 Å². The van der Waals surface area contributed by atoms with Crippen molar-refractivity contribution in [2.75, 3.05) is 13.1 Å². The summed E-state index contributed by atoms with van der Waals surface area (Å²) < 4.78 is 5.68. The van der Waals surface area contributed by atoms with Crippen LogP contribution in [0, 0.1) is 0 Å². The minimum atomic E-state index is -0.415. The summed E-state index contributed by atoms with van der Waals surface area (Å²) in [5, 5.41) is 0. The Morgan fingerprint density at radius 2 is 2.00 bits per heavy atom. The van der Waals surface area contributed by atoms with E-state index in [1.165, 1.54) is 0 Å². The second kappa shape index (κ2) is 5.54. The fourth-order valence-electron chi connectivity index (χ4n) is 2.09. The summed E-state index contributed by atoms with van der Waals surface area (Å²) in [6.07, 6.45) is 3.65. The van der Waals surface area contributed by atoms with E-state index in [2.05, 4.69) is 13.2 Å². The summed E-state index contributed by atoms with van der Waals surface area (Å²) in [6, 6.07) is 7.76. The summed E-state index contributed by atoms with van der Waals surface area (Å²) in [5.41, 5.74) is 1.09. The van der Waals surface area contributed by atoms with E-state index >= 15 is 0 Å². The highest BCUT2D eigenvalue weighted by Crippen LogP contribution is 2.28. The van der Waals surface area contributed by atoms with Gasteiger partial charge >= 0.3 is 0 Å². The highest BCUT2D eigenvalue weighted by molar-refractivity contribution is 5.83. The van der Waals surface area contributed by atoms with Crippen LogP contribution in [0.3, 0.4) is 0 Å². The first-order valence-corrected chi connectivity index (χ1v) is 6.01. The highest BCUT2D eigenvalue weighted by Gasteiger charge is 2.31. The number of hydrogen-bond acceptors (Lipinski definition) is 2. The molecule has 94 valence electrons. The minimum absolute atomic E-state index is 0.00833. The SMILES string of the molecule is C=CCN(CC=C)C(=O)[C@@H]1Cc2ccccc2O1. The third-order valence-electron chi connectivity index (χ3n) is 2.93. The number of carbonyl (C=O) groups is 1. The number of para-hydroxylation sites is 1. The van der Waals surface area contributed by atoms with Crippen molar-refractivity contribution in [3.05, 3.63) is 55.1 Å². The summed E-state index contributed by atoms with van der Waals surface area (Å²) in [4.78, 5) is 14.0. The summed E-state index contributed by atoms with van der Waals surface area (Å²) >= 11 is 0. The molecule has 1 atom stereocenters. The molecule has 0 saturated heterocycles. The Labute approximate surface area is 107 Å². The van der Waals surface area contributed by atoms with E-state index in [4.69, 9.17) is 4.74 Å². The Morgan fingerprint density at radius 3 is 2.61 bits per heavy atom. The standard InChI is InChI=1S/C15H17NO2/c1-3-9-16(10-4-2)15(17)14-11-12-7-5-6-8-13(12)18-14/h3-8,14H,1-2,9-11H2/t14-/m0/s1. The molecular weight excluding hydrogens is 226 g/mol. The highest BCUT2D eigenvalue weighted by atomic mass is 16.5. The maximum absolute atomic E-state index is 12.3. The van der Waals surface area contributed by atoms with Gasteiger partial charge in [-0.3, -0.25) is 4.79 Å². The molecule has 1 aliphatic rings. The van der Waals surface area contributed by atoms with Crippen molar-refractivity contribution < 1.29 is 9.53 Å². The molecular formula is C15H17NO2. The molecule has 1 heterocycles. The number of hydrogen-bond donors (Lipinski definition) is 0. The summed E-state index contributed by atoms with van der Waals surface area (Å²) in [6.45, 7) is 8.35. The van der Waals surface area contributed by atoms with Crippen LogP contribution in [0.1, 0.15) is 5.56 Å². The number of amides is 1. The van der Waals surface area contributed by atoms with Gasteiger partial charge in [-0.25, -0.2) is 0 Å². The number of carbonyl (C=O) groups excluding carboxylic acids is 1. The average molecular weight is 243 g/mol. The maximum Gasteiger partial charge on any atom is 0.264 e. The van der Waals surface area contributed by atoms with Crippen LogP contribution in [-0.2, 0) is 11.2 Å².